The van der Waals surface area contributed by atoms with E-state index in [9.17, 15) is 8.78 Å². The summed E-state index contributed by atoms with van der Waals surface area (Å²) < 4.78 is 28.1. The molecule has 1 saturated heterocycles. The summed E-state index contributed by atoms with van der Waals surface area (Å²) in [6, 6.07) is 19.8. The van der Waals surface area contributed by atoms with Crippen LogP contribution in [0.3, 0.4) is 0 Å². The molecule has 0 atom stereocenters. The van der Waals surface area contributed by atoms with Crippen molar-refractivity contribution in [2.24, 2.45) is 9.98 Å². The molecular formula is C33H35F2N5. The maximum absolute atomic E-state index is 14.3. The number of halogens is 2. The summed E-state index contributed by atoms with van der Waals surface area (Å²) in [6.07, 6.45) is 1.79. The predicted molar refractivity (Wildman–Crippen MR) is 162 cm³/mol. The quantitative estimate of drug-likeness (QED) is 0.225. The molecule has 206 valence electrons. The highest BCUT2D eigenvalue weighted by molar-refractivity contribution is 6.02. The molecule has 0 radical (unpaired) electrons. The van der Waals surface area contributed by atoms with Crippen molar-refractivity contribution in [1.82, 2.24) is 9.88 Å². The maximum Gasteiger partial charge on any atom is 0.131 e. The van der Waals surface area contributed by atoms with Crippen molar-refractivity contribution in [1.29, 1.82) is 0 Å². The molecule has 40 heavy (non-hydrogen) atoms. The molecule has 1 aromatic heterocycles. The summed E-state index contributed by atoms with van der Waals surface area (Å²) in [5.41, 5.74) is 6.12. The molecule has 0 aliphatic carbocycles. The first-order valence-electron chi connectivity index (χ1n) is 13.8. The minimum Gasteiger partial charge on any atom is -0.368 e. The van der Waals surface area contributed by atoms with E-state index in [1.165, 1.54) is 11.6 Å². The van der Waals surface area contributed by atoms with Gasteiger partial charge in [0.05, 0.1) is 24.3 Å². The molecule has 1 aliphatic rings. The number of fused-ring (bicyclic) bond motifs is 1. The number of hydrogen-bond acceptors (Lipinski definition) is 5. The van der Waals surface area contributed by atoms with Gasteiger partial charge in [-0.2, -0.15) is 0 Å². The maximum atomic E-state index is 14.3. The van der Waals surface area contributed by atoms with Gasteiger partial charge in [0.1, 0.15) is 11.6 Å². The number of hydrogen-bond donors (Lipinski definition) is 0. The van der Waals surface area contributed by atoms with E-state index in [1.54, 1.807) is 6.20 Å². The van der Waals surface area contributed by atoms with Crippen LogP contribution in [0.2, 0.25) is 0 Å². The number of piperazine rings is 1. The van der Waals surface area contributed by atoms with Crippen LogP contribution in [0, 0.1) is 11.6 Å². The molecule has 2 heterocycles. The fourth-order valence-electron chi connectivity index (χ4n) is 5.23. The largest absolute Gasteiger partial charge is 0.368 e. The fraction of sp³-hybridized carbons (Fsp3) is 0.303. The Kier molecular flexibility index (Phi) is 8.60. The van der Waals surface area contributed by atoms with Gasteiger partial charge in [0, 0.05) is 55.6 Å². The summed E-state index contributed by atoms with van der Waals surface area (Å²) in [5, 5.41) is 1.01. The average molecular weight is 540 g/mol. The Morgan fingerprint density at radius 1 is 0.950 bits per heavy atom. The molecule has 0 N–H and O–H groups in total. The number of nitrogens with zero attached hydrogens (tertiary/aromatic N) is 5. The molecule has 0 spiro atoms. The second-order valence-corrected chi connectivity index (χ2v) is 10.5. The van der Waals surface area contributed by atoms with Crippen molar-refractivity contribution in [2.45, 2.75) is 19.8 Å². The third-order valence-electron chi connectivity index (χ3n) is 7.56. The zero-order valence-corrected chi connectivity index (χ0v) is 23.2. The normalized spacial score (nSPS) is 14.7. The smallest absolute Gasteiger partial charge is 0.131 e. The van der Waals surface area contributed by atoms with E-state index >= 15 is 0 Å². The molecule has 0 amide bonds. The lowest BCUT2D eigenvalue weighted by Crippen LogP contribution is -2.47. The summed E-state index contributed by atoms with van der Waals surface area (Å²) in [5.74, 6) is -0.414. The average Bonchev–Trinajstić information content (AvgIpc) is 2.98. The Labute approximate surface area is 234 Å². The van der Waals surface area contributed by atoms with E-state index in [4.69, 9.17) is 4.99 Å². The van der Waals surface area contributed by atoms with Crippen molar-refractivity contribution in [3.63, 3.8) is 0 Å². The minimum atomic E-state index is -0.462. The number of aliphatic imine (C=N–C) groups is 2. The zero-order chi connectivity index (χ0) is 28.1. The first-order valence-corrected chi connectivity index (χ1v) is 13.8. The van der Waals surface area contributed by atoms with Crippen molar-refractivity contribution < 1.29 is 8.78 Å². The van der Waals surface area contributed by atoms with Gasteiger partial charge < -0.3 is 4.90 Å². The van der Waals surface area contributed by atoms with Gasteiger partial charge in [-0.1, -0.05) is 50.2 Å². The van der Waals surface area contributed by atoms with Crippen LogP contribution in [0.1, 0.15) is 30.9 Å². The number of aromatic nitrogens is 1. The van der Waals surface area contributed by atoms with Crippen LogP contribution in [0.4, 0.5) is 14.5 Å². The molecule has 5 rings (SSSR count). The summed E-state index contributed by atoms with van der Waals surface area (Å²) >= 11 is 0. The Hall–Kier alpha value is -3.97. The van der Waals surface area contributed by atoms with Gasteiger partial charge in [-0.15, -0.1) is 0 Å². The van der Waals surface area contributed by atoms with E-state index in [0.717, 1.165) is 72.7 Å². The van der Waals surface area contributed by atoms with E-state index in [2.05, 4.69) is 64.6 Å². The Morgan fingerprint density at radius 3 is 2.45 bits per heavy atom. The predicted octanol–water partition coefficient (Wildman–Crippen LogP) is 6.62. The highest BCUT2D eigenvalue weighted by Gasteiger charge is 2.19. The Morgan fingerprint density at radius 2 is 1.73 bits per heavy atom. The SMILES string of the molecule is C=NCC(=NCCN1CCN(c2ccnc3cc(-c4cc(F)ccc4F)ccc23)CC1)c1ccc(C(C)C)cc1. The highest BCUT2D eigenvalue weighted by Crippen LogP contribution is 2.31. The van der Waals surface area contributed by atoms with Crippen molar-refractivity contribution in [3.05, 3.63) is 95.7 Å². The highest BCUT2D eigenvalue weighted by atomic mass is 19.1. The lowest BCUT2D eigenvalue weighted by molar-refractivity contribution is 0.265. The fourth-order valence-corrected chi connectivity index (χ4v) is 5.23. The number of anilines is 1. The molecular weight excluding hydrogens is 504 g/mol. The van der Waals surface area contributed by atoms with E-state index in [1.807, 2.05) is 24.3 Å². The number of benzene rings is 3. The molecule has 0 saturated carbocycles. The summed E-state index contributed by atoms with van der Waals surface area (Å²) in [6.45, 7) is 13.8. The second-order valence-electron chi connectivity index (χ2n) is 10.5. The van der Waals surface area contributed by atoms with Crippen molar-refractivity contribution in [3.8, 4) is 11.1 Å². The van der Waals surface area contributed by atoms with Gasteiger partial charge in [0.2, 0.25) is 0 Å². The van der Waals surface area contributed by atoms with Gasteiger partial charge in [0.25, 0.3) is 0 Å². The monoisotopic (exact) mass is 539 g/mol. The van der Waals surface area contributed by atoms with Crippen LogP contribution < -0.4 is 4.90 Å². The van der Waals surface area contributed by atoms with Gasteiger partial charge >= 0.3 is 0 Å². The number of pyridine rings is 1. The second kappa shape index (κ2) is 12.5. The van der Waals surface area contributed by atoms with Crippen LogP contribution in [-0.2, 0) is 0 Å². The molecule has 5 nitrogen and oxygen atoms in total. The standard InChI is InChI=1S/C33H35F2N5/c1-23(2)24-4-6-25(7-5-24)32(22-36-3)38-14-15-39-16-18-40(19-17-39)33-12-13-37-31-20-26(8-10-28(31)33)29-21-27(34)9-11-30(29)35/h4-13,20-21,23H,3,14-19,22H2,1-2H3. The molecule has 0 bridgehead atoms. The van der Waals surface area contributed by atoms with Gasteiger partial charge in [-0.25, -0.2) is 8.78 Å². The van der Waals surface area contributed by atoms with E-state index in [-0.39, 0.29) is 5.56 Å². The molecule has 0 unspecified atom stereocenters. The van der Waals surface area contributed by atoms with Gasteiger partial charge in [-0.05, 0) is 59.7 Å². The minimum absolute atomic E-state index is 0.241. The topological polar surface area (TPSA) is 44.1 Å². The van der Waals surface area contributed by atoms with E-state index in [0.29, 0.717) is 24.6 Å². The molecule has 1 fully saturated rings. The van der Waals surface area contributed by atoms with Crippen LogP contribution in [-0.4, -0.2) is 68.1 Å². The first kappa shape index (κ1) is 27.6. The van der Waals surface area contributed by atoms with Gasteiger partial charge in [-0.3, -0.25) is 19.9 Å². The third-order valence-corrected chi connectivity index (χ3v) is 7.56. The molecule has 7 heteroatoms. The first-order chi connectivity index (χ1) is 19.4. The van der Waals surface area contributed by atoms with Crippen LogP contribution in [0.5, 0.6) is 0 Å². The third kappa shape index (κ3) is 6.26. The summed E-state index contributed by atoms with van der Waals surface area (Å²) in [4.78, 5) is 18.3. The van der Waals surface area contributed by atoms with E-state index < -0.39 is 11.6 Å². The van der Waals surface area contributed by atoms with Gasteiger partial charge in [0.15, 0.2) is 0 Å². The Balaban J connectivity index is 1.22. The lowest BCUT2D eigenvalue weighted by atomic mass is 10.0. The summed E-state index contributed by atoms with van der Waals surface area (Å²) in [7, 11) is 0. The molecule has 3 aromatic carbocycles. The Bertz CT molecular complexity index is 1510. The van der Waals surface area contributed by atoms with Crippen LogP contribution >= 0.6 is 0 Å². The van der Waals surface area contributed by atoms with Crippen molar-refractivity contribution in [2.75, 3.05) is 50.7 Å². The number of rotatable bonds is 9. The molecule has 1 aliphatic heterocycles. The van der Waals surface area contributed by atoms with Crippen molar-refractivity contribution >= 4 is 29.0 Å². The van der Waals surface area contributed by atoms with Crippen LogP contribution in [0.15, 0.2) is 82.9 Å². The van der Waals surface area contributed by atoms with Crippen LogP contribution in [0.25, 0.3) is 22.0 Å². The molecule has 4 aromatic rings. The lowest BCUT2D eigenvalue weighted by Gasteiger charge is -2.36. The zero-order valence-electron chi connectivity index (χ0n) is 23.2.